The van der Waals surface area contributed by atoms with Crippen molar-refractivity contribution in [1.29, 1.82) is 0 Å². The van der Waals surface area contributed by atoms with Gasteiger partial charge in [-0.05, 0) is 38.3 Å². The van der Waals surface area contributed by atoms with Gasteiger partial charge in [0.15, 0.2) is 0 Å². The van der Waals surface area contributed by atoms with E-state index in [-0.39, 0.29) is 0 Å². The fourth-order valence-corrected chi connectivity index (χ4v) is 1.98. The van der Waals surface area contributed by atoms with Gasteiger partial charge in [0.2, 0.25) is 0 Å². The highest BCUT2D eigenvalue weighted by Crippen LogP contribution is 2.11. The Morgan fingerprint density at radius 2 is 1.91 bits per heavy atom. The number of thiol groups is 1. The highest BCUT2D eigenvalue weighted by atomic mass is 33.1. The van der Waals surface area contributed by atoms with Crippen LogP contribution in [0.3, 0.4) is 0 Å². The topological polar surface area (TPSA) is 88.5 Å². The summed E-state index contributed by atoms with van der Waals surface area (Å²) in [6.45, 7) is 7.74. The molecule has 0 saturated heterocycles. The van der Waals surface area contributed by atoms with Crippen LogP contribution in [-0.4, -0.2) is 51.2 Å². The molecule has 1 N–H and O–H groups in total. The Bertz CT molecular complexity index is 294. The van der Waals surface area contributed by atoms with Gasteiger partial charge in [-0.15, -0.1) is 11.7 Å². The zero-order valence-corrected chi connectivity index (χ0v) is 15.2. The Hall–Kier alpha value is -0.150. The van der Waals surface area contributed by atoms with Gasteiger partial charge < -0.3 is 19.5 Å². The molecule has 0 bridgehead atoms. The molecule has 0 radical (unpaired) electrons. The average Bonchev–Trinajstić information content (AvgIpc) is 2.53. The third-order valence-electron chi connectivity index (χ3n) is 2.66. The van der Waals surface area contributed by atoms with E-state index in [1.807, 2.05) is 6.92 Å². The summed E-state index contributed by atoms with van der Waals surface area (Å²) in [6, 6.07) is 0. The maximum atomic E-state index is 8.54. The van der Waals surface area contributed by atoms with E-state index >= 15 is 0 Å². The third kappa shape index (κ3) is 14.8. The normalized spacial score (nSPS) is 13.6. The van der Waals surface area contributed by atoms with E-state index in [9.17, 15) is 0 Å². The molecule has 0 aliphatic carbocycles. The lowest BCUT2D eigenvalue weighted by molar-refractivity contribution is -0.0118. The number of hydrogen-bond acceptors (Lipinski definition) is 7. The van der Waals surface area contributed by atoms with Crippen LogP contribution in [0.5, 0.6) is 0 Å². The number of rotatable bonds is 16. The number of nitrogens with zero attached hydrogens (tertiary/aromatic N) is 3. The lowest BCUT2D eigenvalue weighted by Gasteiger charge is -2.14. The van der Waals surface area contributed by atoms with E-state index in [4.69, 9.17) is 19.7 Å². The second kappa shape index (κ2) is 17.2. The second-order valence-electron chi connectivity index (χ2n) is 4.60. The minimum Gasteiger partial charge on any atom is -0.379 e. The molecule has 0 heterocycles. The van der Waals surface area contributed by atoms with Crippen LogP contribution in [0, 0.1) is 0 Å². The fourth-order valence-electron chi connectivity index (χ4n) is 1.56. The molecule has 0 aliphatic rings. The minimum atomic E-state index is -0.439. The molecule has 0 aromatic carbocycles. The zero-order valence-electron chi connectivity index (χ0n) is 13.4. The first-order valence-electron chi connectivity index (χ1n) is 7.59. The van der Waals surface area contributed by atoms with Crippen molar-refractivity contribution in [3.05, 3.63) is 10.4 Å². The molecule has 0 fully saturated rings. The maximum Gasteiger partial charge on any atom is 0.136 e. The molecule has 0 amide bonds. The summed E-state index contributed by atoms with van der Waals surface area (Å²) in [6.07, 6.45) is 2.12. The zero-order chi connectivity index (χ0) is 16.5. The van der Waals surface area contributed by atoms with Gasteiger partial charge in [0, 0.05) is 11.5 Å². The van der Waals surface area contributed by atoms with E-state index in [0.29, 0.717) is 38.2 Å². The molecule has 22 heavy (non-hydrogen) atoms. The van der Waals surface area contributed by atoms with Gasteiger partial charge in [0.05, 0.1) is 31.8 Å². The average molecular weight is 353 g/mol. The van der Waals surface area contributed by atoms with Crippen LogP contribution in [0.1, 0.15) is 33.1 Å². The maximum absolute atomic E-state index is 8.54. The minimum absolute atomic E-state index is 0.297. The van der Waals surface area contributed by atoms with Crippen molar-refractivity contribution in [3.63, 3.8) is 0 Å². The molecule has 0 aromatic rings. The van der Waals surface area contributed by atoms with Gasteiger partial charge in [0.25, 0.3) is 0 Å². The predicted octanol–water partition coefficient (Wildman–Crippen LogP) is 3.38. The van der Waals surface area contributed by atoms with Crippen LogP contribution in [0.2, 0.25) is 0 Å². The van der Waals surface area contributed by atoms with E-state index in [1.165, 1.54) is 10.8 Å². The van der Waals surface area contributed by atoms with Gasteiger partial charge in [-0.25, -0.2) is 0 Å². The summed E-state index contributed by atoms with van der Waals surface area (Å²) in [7, 11) is 1.46. The first-order valence-corrected chi connectivity index (χ1v) is 9.52. The van der Waals surface area contributed by atoms with Crippen molar-refractivity contribution in [1.82, 2.24) is 5.32 Å². The second-order valence-corrected chi connectivity index (χ2v) is 6.15. The summed E-state index contributed by atoms with van der Waals surface area (Å²) < 4.78 is 16.2. The Morgan fingerprint density at radius 3 is 2.55 bits per heavy atom. The molecule has 7 nitrogen and oxygen atoms in total. The van der Waals surface area contributed by atoms with Crippen LogP contribution in [0.4, 0.5) is 0 Å². The van der Waals surface area contributed by atoms with E-state index < -0.39 is 6.23 Å². The molecular formula is C13H28N4O3S2. The molecular weight excluding hydrogens is 324 g/mol. The van der Waals surface area contributed by atoms with Crippen molar-refractivity contribution in [2.45, 2.75) is 44.7 Å². The monoisotopic (exact) mass is 352 g/mol. The summed E-state index contributed by atoms with van der Waals surface area (Å²) in [5.74, 6) is 0. The van der Waals surface area contributed by atoms with Crippen molar-refractivity contribution in [3.8, 4) is 0 Å². The van der Waals surface area contributed by atoms with E-state index in [2.05, 4.69) is 33.9 Å². The molecule has 0 rings (SSSR count). The number of azide groups is 1. The van der Waals surface area contributed by atoms with E-state index in [1.54, 1.807) is 0 Å². The summed E-state index contributed by atoms with van der Waals surface area (Å²) in [5.41, 5.74) is 8.54. The predicted molar refractivity (Wildman–Crippen MR) is 94.1 cm³/mol. The molecule has 9 heteroatoms. The molecule has 0 spiro atoms. The Morgan fingerprint density at radius 1 is 1.23 bits per heavy atom. The molecule has 0 saturated carbocycles. The van der Waals surface area contributed by atoms with Crippen LogP contribution < -0.4 is 5.32 Å². The standard InChI is InChI=1S/C13H28N4O3S2/c1-3-7-18-8-9-19-10-11-20-13(16-17-14)5-4-6-15-12(2)22-21/h12-13,15,21H,3-11H2,1-2H3. The summed E-state index contributed by atoms with van der Waals surface area (Å²) in [4.78, 5) is 2.82. The van der Waals surface area contributed by atoms with Crippen LogP contribution in [0.25, 0.3) is 10.4 Å². The van der Waals surface area contributed by atoms with Crippen LogP contribution in [-0.2, 0) is 14.2 Å². The lowest BCUT2D eigenvalue weighted by Crippen LogP contribution is -2.24. The SMILES string of the molecule is CCCOCCOCCOC(CCCNC(C)SS)N=[N+]=[N-]. The van der Waals surface area contributed by atoms with Crippen LogP contribution in [0.15, 0.2) is 5.11 Å². The van der Waals surface area contributed by atoms with Crippen molar-refractivity contribution in [2.24, 2.45) is 5.11 Å². The highest BCUT2D eigenvalue weighted by molar-refractivity contribution is 8.68. The first-order chi connectivity index (χ1) is 10.7. The third-order valence-corrected chi connectivity index (χ3v) is 4.09. The van der Waals surface area contributed by atoms with Gasteiger partial charge >= 0.3 is 0 Å². The fraction of sp³-hybridized carbons (Fsp3) is 1.00. The molecule has 0 aliphatic heterocycles. The van der Waals surface area contributed by atoms with Crippen LogP contribution >= 0.6 is 22.5 Å². The quantitative estimate of drug-likeness (QED) is 0.0845. The van der Waals surface area contributed by atoms with Crippen molar-refractivity contribution in [2.75, 3.05) is 39.6 Å². The number of hydrogen-bond donors (Lipinski definition) is 2. The Labute approximate surface area is 142 Å². The molecule has 2 unspecified atom stereocenters. The van der Waals surface area contributed by atoms with Crippen molar-refractivity contribution < 1.29 is 14.2 Å². The lowest BCUT2D eigenvalue weighted by atomic mass is 10.3. The van der Waals surface area contributed by atoms with Gasteiger partial charge in [-0.3, -0.25) is 0 Å². The van der Waals surface area contributed by atoms with Gasteiger partial charge in [-0.2, -0.15) is 0 Å². The van der Waals surface area contributed by atoms with E-state index in [0.717, 1.165) is 26.0 Å². The molecule has 2 atom stereocenters. The number of nitrogens with one attached hydrogen (secondary N) is 1. The smallest absolute Gasteiger partial charge is 0.136 e. The van der Waals surface area contributed by atoms with Crippen molar-refractivity contribution >= 4 is 22.5 Å². The first kappa shape index (κ1) is 21.9. The van der Waals surface area contributed by atoms with Gasteiger partial charge in [0.1, 0.15) is 6.23 Å². The Kier molecular flexibility index (Phi) is 17.1. The summed E-state index contributed by atoms with van der Waals surface area (Å²) in [5, 5.41) is 7.23. The number of ether oxygens (including phenoxy) is 3. The highest BCUT2D eigenvalue weighted by Gasteiger charge is 2.07. The largest absolute Gasteiger partial charge is 0.379 e. The molecule has 0 aromatic heterocycles. The van der Waals surface area contributed by atoms with Gasteiger partial charge in [-0.1, -0.05) is 22.8 Å². The molecule has 130 valence electrons. The Balaban J connectivity index is 3.58. The summed E-state index contributed by atoms with van der Waals surface area (Å²) >= 11 is 4.12.